The SMILES string of the molecule is COc1cc(Cc2csc(N3CCC(S(=O)(=O)c4cccc([N+](=O)[O-])c4)CC3)n2)cc(OC)c1OC. The Morgan fingerprint density at radius 1 is 1.08 bits per heavy atom. The number of anilines is 1. The van der Waals surface area contributed by atoms with Gasteiger partial charge in [-0.15, -0.1) is 11.3 Å². The lowest BCUT2D eigenvalue weighted by Gasteiger charge is -2.31. The molecular formula is C24H27N3O7S2. The monoisotopic (exact) mass is 533 g/mol. The largest absolute Gasteiger partial charge is 0.493 e. The van der Waals surface area contributed by atoms with Crippen LogP contribution in [-0.2, 0) is 16.3 Å². The van der Waals surface area contributed by atoms with Crippen molar-refractivity contribution < 1.29 is 27.6 Å². The van der Waals surface area contributed by atoms with E-state index in [1.165, 1.54) is 29.5 Å². The van der Waals surface area contributed by atoms with Gasteiger partial charge in [-0.2, -0.15) is 0 Å². The first-order chi connectivity index (χ1) is 17.3. The number of aromatic nitrogens is 1. The van der Waals surface area contributed by atoms with Crippen molar-refractivity contribution in [3.8, 4) is 17.2 Å². The number of benzene rings is 2. The van der Waals surface area contributed by atoms with Gasteiger partial charge in [-0.1, -0.05) is 6.07 Å². The number of nitrogens with zero attached hydrogens (tertiary/aromatic N) is 3. The topological polar surface area (TPSA) is 121 Å². The number of nitro benzene ring substituents is 1. The summed E-state index contributed by atoms with van der Waals surface area (Å²) < 4.78 is 42.4. The first-order valence-corrected chi connectivity index (χ1v) is 13.7. The van der Waals surface area contributed by atoms with Crippen molar-refractivity contribution in [1.29, 1.82) is 0 Å². The Morgan fingerprint density at radius 2 is 1.75 bits per heavy atom. The van der Waals surface area contributed by atoms with Crippen LogP contribution >= 0.6 is 11.3 Å². The van der Waals surface area contributed by atoms with Crippen LogP contribution in [0.15, 0.2) is 46.7 Å². The Hall–Kier alpha value is -3.38. The highest BCUT2D eigenvalue weighted by molar-refractivity contribution is 7.92. The van der Waals surface area contributed by atoms with Crippen molar-refractivity contribution in [1.82, 2.24) is 4.98 Å². The standard InChI is InChI=1S/C24H27N3O7S2/c1-32-21-12-16(13-22(33-2)23(21)34-3)11-17-15-35-24(25-17)26-9-7-19(8-10-26)36(30,31)20-6-4-5-18(14-20)27(28)29/h4-6,12-15,19H,7-11H2,1-3H3. The summed E-state index contributed by atoms with van der Waals surface area (Å²) in [6.07, 6.45) is 1.42. The van der Waals surface area contributed by atoms with E-state index < -0.39 is 20.0 Å². The smallest absolute Gasteiger partial charge is 0.270 e. The molecular weight excluding hydrogens is 506 g/mol. The molecule has 0 atom stereocenters. The van der Waals surface area contributed by atoms with Crippen LogP contribution in [0.1, 0.15) is 24.1 Å². The number of thiazole rings is 1. The van der Waals surface area contributed by atoms with E-state index in [-0.39, 0.29) is 10.6 Å². The summed E-state index contributed by atoms with van der Waals surface area (Å²) in [4.78, 5) is 17.3. The summed E-state index contributed by atoms with van der Waals surface area (Å²) in [6.45, 7) is 1.08. The Labute approximate surface area is 213 Å². The van der Waals surface area contributed by atoms with Crippen LogP contribution in [-0.4, -0.2) is 58.0 Å². The predicted octanol–water partition coefficient (Wildman–Crippen LogP) is 4.11. The van der Waals surface area contributed by atoms with Crippen LogP contribution in [0.2, 0.25) is 0 Å². The lowest BCUT2D eigenvalue weighted by Crippen LogP contribution is -2.39. The third kappa shape index (κ3) is 5.24. The molecule has 0 aliphatic carbocycles. The molecule has 0 amide bonds. The first kappa shape index (κ1) is 25.7. The fourth-order valence-corrected chi connectivity index (χ4v) is 6.94. The number of hydrogen-bond donors (Lipinski definition) is 0. The maximum Gasteiger partial charge on any atom is 0.270 e. The molecule has 1 fully saturated rings. The van der Waals surface area contributed by atoms with Gasteiger partial charge < -0.3 is 19.1 Å². The number of rotatable bonds is 9. The van der Waals surface area contributed by atoms with E-state index in [0.717, 1.165) is 22.5 Å². The number of sulfone groups is 1. The van der Waals surface area contributed by atoms with Crippen LogP contribution in [0.25, 0.3) is 0 Å². The Balaban J connectivity index is 1.43. The van der Waals surface area contributed by atoms with Gasteiger partial charge in [0.05, 0.1) is 42.1 Å². The number of methoxy groups -OCH3 is 3. The van der Waals surface area contributed by atoms with Gasteiger partial charge in [0.25, 0.3) is 5.69 Å². The fraction of sp³-hybridized carbons (Fsp3) is 0.375. The van der Waals surface area contributed by atoms with Gasteiger partial charge in [0.1, 0.15) is 0 Å². The Morgan fingerprint density at radius 3 is 2.33 bits per heavy atom. The molecule has 1 saturated heterocycles. The van der Waals surface area contributed by atoms with E-state index >= 15 is 0 Å². The number of hydrogen-bond acceptors (Lipinski definition) is 10. The first-order valence-electron chi connectivity index (χ1n) is 11.2. The van der Waals surface area contributed by atoms with Crippen molar-refractivity contribution in [3.05, 3.63) is 63.1 Å². The molecule has 0 spiro atoms. The van der Waals surface area contributed by atoms with Crippen molar-refractivity contribution in [3.63, 3.8) is 0 Å². The van der Waals surface area contributed by atoms with Gasteiger partial charge in [0.2, 0.25) is 5.75 Å². The maximum absolute atomic E-state index is 13.1. The van der Waals surface area contributed by atoms with E-state index in [1.807, 2.05) is 17.5 Å². The number of ether oxygens (including phenoxy) is 3. The zero-order valence-electron chi connectivity index (χ0n) is 20.2. The molecule has 0 N–H and O–H groups in total. The van der Waals surface area contributed by atoms with Crippen molar-refractivity contribution in [2.24, 2.45) is 0 Å². The molecule has 192 valence electrons. The predicted molar refractivity (Wildman–Crippen MR) is 137 cm³/mol. The molecule has 0 radical (unpaired) electrons. The molecule has 0 saturated carbocycles. The molecule has 10 nitrogen and oxygen atoms in total. The molecule has 4 rings (SSSR count). The molecule has 1 aromatic heterocycles. The summed E-state index contributed by atoms with van der Waals surface area (Å²) in [5, 5.41) is 13.3. The summed E-state index contributed by atoms with van der Waals surface area (Å²) in [5.41, 5.74) is 1.62. The van der Waals surface area contributed by atoms with Crippen LogP contribution in [0.5, 0.6) is 17.2 Å². The summed E-state index contributed by atoms with van der Waals surface area (Å²) in [6, 6.07) is 9.04. The average Bonchev–Trinajstić information content (AvgIpc) is 3.36. The minimum atomic E-state index is -3.66. The Bertz CT molecular complexity index is 1320. The van der Waals surface area contributed by atoms with Crippen LogP contribution in [0.3, 0.4) is 0 Å². The zero-order chi connectivity index (χ0) is 25.9. The third-order valence-electron chi connectivity index (χ3n) is 6.16. The molecule has 36 heavy (non-hydrogen) atoms. The molecule has 0 unspecified atom stereocenters. The molecule has 2 heterocycles. The van der Waals surface area contributed by atoms with Crippen molar-refractivity contribution in [2.75, 3.05) is 39.3 Å². The van der Waals surface area contributed by atoms with E-state index in [0.29, 0.717) is 49.6 Å². The van der Waals surface area contributed by atoms with Gasteiger partial charge in [-0.05, 0) is 36.6 Å². The van der Waals surface area contributed by atoms with Crippen LogP contribution < -0.4 is 19.1 Å². The molecule has 1 aliphatic heterocycles. The minimum Gasteiger partial charge on any atom is -0.493 e. The second kappa shape index (κ2) is 10.7. The zero-order valence-corrected chi connectivity index (χ0v) is 21.8. The second-order valence-electron chi connectivity index (χ2n) is 8.32. The Kier molecular flexibility index (Phi) is 7.65. The maximum atomic E-state index is 13.1. The molecule has 1 aliphatic rings. The van der Waals surface area contributed by atoms with E-state index in [2.05, 4.69) is 4.90 Å². The minimum absolute atomic E-state index is 0.00275. The van der Waals surface area contributed by atoms with Gasteiger partial charge >= 0.3 is 0 Å². The number of nitro groups is 1. The van der Waals surface area contributed by atoms with Gasteiger partial charge in [0, 0.05) is 37.0 Å². The third-order valence-corrected chi connectivity index (χ3v) is 9.37. The summed E-state index contributed by atoms with van der Waals surface area (Å²) in [7, 11) is 1.05. The van der Waals surface area contributed by atoms with Gasteiger partial charge in [-0.3, -0.25) is 10.1 Å². The molecule has 3 aromatic rings. The summed E-state index contributed by atoms with van der Waals surface area (Å²) in [5.74, 6) is 1.69. The van der Waals surface area contributed by atoms with Crippen LogP contribution in [0, 0.1) is 10.1 Å². The fourth-order valence-electron chi connectivity index (χ4n) is 4.29. The normalized spacial score (nSPS) is 14.5. The highest BCUT2D eigenvalue weighted by Crippen LogP contribution is 2.39. The lowest BCUT2D eigenvalue weighted by molar-refractivity contribution is -0.385. The summed E-state index contributed by atoms with van der Waals surface area (Å²) >= 11 is 1.52. The second-order valence-corrected chi connectivity index (χ2v) is 11.4. The molecule has 0 bridgehead atoms. The molecule has 12 heteroatoms. The molecule has 2 aromatic carbocycles. The van der Waals surface area contributed by atoms with Gasteiger partial charge in [-0.25, -0.2) is 13.4 Å². The van der Waals surface area contributed by atoms with Crippen molar-refractivity contribution in [2.45, 2.75) is 29.4 Å². The number of non-ortho nitro benzene ring substituents is 1. The lowest BCUT2D eigenvalue weighted by atomic mass is 10.1. The van der Waals surface area contributed by atoms with Crippen LogP contribution in [0.4, 0.5) is 10.8 Å². The highest BCUT2D eigenvalue weighted by atomic mass is 32.2. The number of piperidine rings is 1. The van der Waals surface area contributed by atoms with Crippen molar-refractivity contribution >= 4 is 32.0 Å². The highest BCUT2D eigenvalue weighted by Gasteiger charge is 2.33. The average molecular weight is 534 g/mol. The van der Waals surface area contributed by atoms with E-state index in [4.69, 9.17) is 19.2 Å². The van der Waals surface area contributed by atoms with E-state index in [9.17, 15) is 18.5 Å². The quantitative estimate of drug-likeness (QED) is 0.295. The van der Waals surface area contributed by atoms with E-state index in [1.54, 1.807) is 21.3 Å². The van der Waals surface area contributed by atoms with Gasteiger partial charge in [0.15, 0.2) is 26.5 Å².